The number of nitriles is 1. The fourth-order valence-electron chi connectivity index (χ4n) is 3.06. The summed E-state index contributed by atoms with van der Waals surface area (Å²) in [5.41, 5.74) is 0. The Morgan fingerprint density at radius 3 is 2.81 bits per heavy atom. The fraction of sp³-hybridized carbons (Fsp3) is 0.923. The van der Waals surface area contributed by atoms with E-state index in [0.717, 1.165) is 6.42 Å². The minimum absolute atomic E-state index is 0.259. The average molecular weight is 221 g/mol. The molecule has 4 unspecified atom stereocenters. The summed E-state index contributed by atoms with van der Waals surface area (Å²) >= 11 is 0. The molecule has 3 nitrogen and oxygen atoms in total. The van der Waals surface area contributed by atoms with Crippen molar-refractivity contribution < 1.29 is 0 Å². The van der Waals surface area contributed by atoms with E-state index in [0.29, 0.717) is 18.1 Å². The van der Waals surface area contributed by atoms with E-state index in [-0.39, 0.29) is 5.92 Å². The van der Waals surface area contributed by atoms with E-state index >= 15 is 0 Å². The molecule has 90 valence electrons. The average Bonchev–Trinajstić information content (AvgIpc) is 2.71. The zero-order chi connectivity index (χ0) is 11.5. The minimum Gasteiger partial charge on any atom is -0.310 e. The molecule has 0 radical (unpaired) electrons. The van der Waals surface area contributed by atoms with Gasteiger partial charge in [0.2, 0.25) is 0 Å². The molecule has 0 aromatic heterocycles. The molecule has 3 heteroatoms. The van der Waals surface area contributed by atoms with Crippen LogP contribution >= 0.6 is 0 Å². The third-order valence-corrected chi connectivity index (χ3v) is 4.34. The second-order valence-electron chi connectivity index (χ2n) is 5.49. The lowest BCUT2D eigenvalue weighted by Gasteiger charge is -2.37. The Balaban J connectivity index is 1.84. The van der Waals surface area contributed by atoms with Gasteiger partial charge in [0.1, 0.15) is 0 Å². The maximum atomic E-state index is 9.06. The van der Waals surface area contributed by atoms with Crippen LogP contribution in [0.1, 0.15) is 39.0 Å². The Morgan fingerprint density at radius 1 is 1.31 bits per heavy atom. The summed E-state index contributed by atoms with van der Waals surface area (Å²) in [6.07, 6.45) is 5.97. The molecular weight excluding hydrogens is 198 g/mol. The lowest BCUT2D eigenvalue weighted by atomic mass is 9.96. The van der Waals surface area contributed by atoms with Gasteiger partial charge in [0.05, 0.1) is 12.0 Å². The number of piperidine rings is 1. The molecule has 1 aliphatic carbocycles. The highest BCUT2D eigenvalue weighted by atomic mass is 15.1. The van der Waals surface area contributed by atoms with Crippen LogP contribution in [0.25, 0.3) is 0 Å². The van der Waals surface area contributed by atoms with Crippen LogP contribution < -0.4 is 5.32 Å². The van der Waals surface area contributed by atoms with E-state index in [1.807, 2.05) is 0 Å². The topological polar surface area (TPSA) is 39.1 Å². The van der Waals surface area contributed by atoms with Gasteiger partial charge in [0.15, 0.2) is 0 Å². The molecule has 2 rings (SSSR count). The number of nitrogens with zero attached hydrogens (tertiary/aromatic N) is 2. The smallest absolute Gasteiger partial charge is 0.0672 e. The SMILES string of the molecule is CC1CC(NC2CCCC2C#N)CCN1C. The number of rotatable bonds is 2. The zero-order valence-electron chi connectivity index (χ0n) is 10.4. The summed E-state index contributed by atoms with van der Waals surface area (Å²) in [7, 11) is 2.20. The molecular formula is C13H23N3. The van der Waals surface area contributed by atoms with Crippen LogP contribution in [0, 0.1) is 17.2 Å². The Bertz CT molecular complexity index is 271. The van der Waals surface area contributed by atoms with Crippen LogP contribution in [0.2, 0.25) is 0 Å². The second kappa shape index (κ2) is 5.16. The lowest BCUT2D eigenvalue weighted by molar-refractivity contribution is 0.160. The summed E-state index contributed by atoms with van der Waals surface area (Å²) in [4.78, 5) is 2.43. The second-order valence-corrected chi connectivity index (χ2v) is 5.49. The van der Waals surface area contributed by atoms with Gasteiger partial charge in [-0.1, -0.05) is 6.42 Å². The summed E-state index contributed by atoms with van der Waals surface area (Å²) in [5, 5.41) is 12.8. The molecule has 1 N–H and O–H groups in total. The van der Waals surface area contributed by atoms with E-state index in [9.17, 15) is 0 Å². The van der Waals surface area contributed by atoms with Crippen molar-refractivity contribution in [2.45, 2.75) is 57.2 Å². The Hall–Kier alpha value is -0.590. The van der Waals surface area contributed by atoms with Crippen molar-refractivity contribution in [1.82, 2.24) is 10.2 Å². The van der Waals surface area contributed by atoms with E-state index in [4.69, 9.17) is 5.26 Å². The van der Waals surface area contributed by atoms with Crippen molar-refractivity contribution in [2.75, 3.05) is 13.6 Å². The monoisotopic (exact) mass is 221 g/mol. The van der Waals surface area contributed by atoms with Gasteiger partial charge < -0.3 is 10.2 Å². The standard InChI is InChI=1S/C13H23N3/c1-10-8-12(6-7-16(10)2)15-13-5-3-4-11(13)9-14/h10-13,15H,3-8H2,1-2H3. The molecule has 2 aliphatic rings. The number of hydrogen-bond donors (Lipinski definition) is 1. The first kappa shape index (κ1) is 11.9. The third-order valence-electron chi connectivity index (χ3n) is 4.34. The van der Waals surface area contributed by atoms with Gasteiger partial charge in [-0.2, -0.15) is 5.26 Å². The normalized spacial score (nSPS) is 40.8. The van der Waals surface area contributed by atoms with E-state index in [2.05, 4.69) is 30.3 Å². The predicted molar refractivity (Wildman–Crippen MR) is 65.0 cm³/mol. The first-order chi connectivity index (χ1) is 7.70. The fourth-order valence-corrected chi connectivity index (χ4v) is 3.06. The highest BCUT2D eigenvalue weighted by Crippen LogP contribution is 2.27. The molecule has 1 saturated heterocycles. The van der Waals surface area contributed by atoms with Crippen molar-refractivity contribution in [3.63, 3.8) is 0 Å². The number of likely N-dealkylation sites (tertiary alicyclic amines) is 1. The van der Waals surface area contributed by atoms with Crippen LogP contribution in [0.3, 0.4) is 0 Å². The van der Waals surface area contributed by atoms with Crippen LogP contribution in [-0.4, -0.2) is 36.6 Å². The van der Waals surface area contributed by atoms with Gasteiger partial charge in [-0.25, -0.2) is 0 Å². The largest absolute Gasteiger partial charge is 0.310 e. The zero-order valence-corrected chi connectivity index (χ0v) is 10.4. The van der Waals surface area contributed by atoms with Crippen molar-refractivity contribution in [2.24, 2.45) is 5.92 Å². The molecule has 0 amide bonds. The van der Waals surface area contributed by atoms with Crippen LogP contribution in [0.4, 0.5) is 0 Å². The summed E-state index contributed by atoms with van der Waals surface area (Å²) in [5.74, 6) is 0.259. The van der Waals surface area contributed by atoms with Crippen molar-refractivity contribution >= 4 is 0 Å². The molecule has 1 aliphatic heterocycles. The van der Waals surface area contributed by atoms with Gasteiger partial charge in [0, 0.05) is 18.1 Å². The van der Waals surface area contributed by atoms with E-state index in [1.165, 1.54) is 32.2 Å². The van der Waals surface area contributed by atoms with Crippen LogP contribution in [0.5, 0.6) is 0 Å². The Morgan fingerprint density at radius 2 is 2.12 bits per heavy atom. The van der Waals surface area contributed by atoms with Crippen molar-refractivity contribution in [3.05, 3.63) is 0 Å². The predicted octanol–water partition coefficient (Wildman–Crippen LogP) is 1.75. The van der Waals surface area contributed by atoms with E-state index < -0.39 is 0 Å². The molecule has 1 saturated carbocycles. The van der Waals surface area contributed by atoms with E-state index in [1.54, 1.807) is 0 Å². The van der Waals surface area contributed by atoms with Crippen molar-refractivity contribution in [1.29, 1.82) is 5.26 Å². The van der Waals surface area contributed by atoms with Gasteiger partial charge in [0.25, 0.3) is 0 Å². The Labute approximate surface area is 98.8 Å². The van der Waals surface area contributed by atoms with Gasteiger partial charge in [-0.15, -0.1) is 0 Å². The quantitative estimate of drug-likeness (QED) is 0.772. The molecule has 4 atom stereocenters. The molecule has 0 bridgehead atoms. The van der Waals surface area contributed by atoms with Gasteiger partial charge in [-0.3, -0.25) is 0 Å². The lowest BCUT2D eigenvalue weighted by Crippen LogP contribution is -2.49. The summed E-state index contributed by atoms with van der Waals surface area (Å²) in [6, 6.07) is 4.22. The third kappa shape index (κ3) is 2.56. The maximum Gasteiger partial charge on any atom is 0.0672 e. The van der Waals surface area contributed by atoms with Crippen molar-refractivity contribution in [3.8, 4) is 6.07 Å². The molecule has 1 heterocycles. The Kier molecular flexibility index (Phi) is 3.83. The molecule has 2 fully saturated rings. The maximum absolute atomic E-state index is 9.06. The first-order valence-electron chi connectivity index (χ1n) is 6.56. The van der Waals surface area contributed by atoms with Crippen LogP contribution in [-0.2, 0) is 0 Å². The summed E-state index contributed by atoms with van der Waals surface area (Å²) < 4.78 is 0. The minimum atomic E-state index is 0.259. The highest BCUT2D eigenvalue weighted by molar-refractivity contribution is 4.98. The molecule has 0 aromatic rings. The molecule has 0 aromatic carbocycles. The summed E-state index contributed by atoms with van der Waals surface area (Å²) in [6.45, 7) is 3.48. The van der Waals surface area contributed by atoms with Crippen LogP contribution in [0.15, 0.2) is 0 Å². The molecule has 0 spiro atoms. The number of hydrogen-bond acceptors (Lipinski definition) is 3. The highest BCUT2D eigenvalue weighted by Gasteiger charge is 2.31. The van der Waals surface area contributed by atoms with Gasteiger partial charge in [-0.05, 0) is 46.2 Å². The number of nitrogens with one attached hydrogen (secondary N) is 1. The van der Waals surface area contributed by atoms with Gasteiger partial charge >= 0.3 is 0 Å². The first-order valence-corrected chi connectivity index (χ1v) is 6.56. The molecule has 16 heavy (non-hydrogen) atoms.